The number of benzene rings is 1. The molecule has 3 rings (SSSR count). The minimum atomic E-state index is -4.69. The highest BCUT2D eigenvalue weighted by Gasteiger charge is 2.32. The number of aromatic amines is 1. The zero-order chi connectivity index (χ0) is 19.4. The van der Waals surface area contributed by atoms with Crippen LogP contribution >= 0.6 is 11.8 Å². The molecule has 146 valence electrons. The first-order valence-electron chi connectivity index (χ1n) is 8.46. The smallest absolute Gasteiger partial charge is 0.461 e. The average molecular weight is 401 g/mol. The summed E-state index contributed by atoms with van der Waals surface area (Å²) in [5.41, 5.74) is 1.22. The van der Waals surface area contributed by atoms with E-state index in [4.69, 9.17) is 4.74 Å². The summed E-state index contributed by atoms with van der Waals surface area (Å²) >= 11 is 1.47. The SMILES string of the molecule is CCOC(=O)c1[nH]nnc1SC1CCC(c2ccc(OC(F)(F)F)cc2)C1. The van der Waals surface area contributed by atoms with Gasteiger partial charge in [-0.2, -0.15) is 0 Å². The Morgan fingerprint density at radius 1 is 1.30 bits per heavy atom. The highest BCUT2D eigenvalue weighted by atomic mass is 32.2. The minimum absolute atomic E-state index is 0.225. The van der Waals surface area contributed by atoms with E-state index in [1.165, 1.54) is 23.9 Å². The van der Waals surface area contributed by atoms with Gasteiger partial charge in [0.2, 0.25) is 0 Å². The van der Waals surface area contributed by atoms with Crippen LogP contribution in [0.2, 0.25) is 0 Å². The second-order valence-electron chi connectivity index (χ2n) is 6.08. The molecule has 0 aliphatic heterocycles. The van der Waals surface area contributed by atoms with E-state index in [0.29, 0.717) is 5.03 Å². The molecular weight excluding hydrogens is 383 g/mol. The molecule has 1 saturated carbocycles. The van der Waals surface area contributed by atoms with Gasteiger partial charge in [-0.3, -0.25) is 5.10 Å². The topological polar surface area (TPSA) is 77.1 Å². The zero-order valence-electron chi connectivity index (χ0n) is 14.5. The lowest BCUT2D eigenvalue weighted by molar-refractivity contribution is -0.274. The van der Waals surface area contributed by atoms with Crippen LogP contribution in [0.25, 0.3) is 0 Å². The van der Waals surface area contributed by atoms with Gasteiger partial charge in [0, 0.05) is 5.25 Å². The molecule has 27 heavy (non-hydrogen) atoms. The van der Waals surface area contributed by atoms with Crippen LogP contribution < -0.4 is 4.74 Å². The second kappa shape index (κ2) is 8.20. The number of rotatable bonds is 6. The minimum Gasteiger partial charge on any atom is -0.461 e. The summed E-state index contributed by atoms with van der Waals surface area (Å²) in [5, 5.41) is 11.0. The Hall–Kier alpha value is -2.23. The van der Waals surface area contributed by atoms with Crippen LogP contribution in [0.15, 0.2) is 29.3 Å². The molecule has 1 N–H and O–H groups in total. The number of alkyl halides is 3. The molecule has 2 unspecified atom stereocenters. The highest BCUT2D eigenvalue weighted by molar-refractivity contribution is 7.99. The number of halogens is 3. The van der Waals surface area contributed by atoms with E-state index in [2.05, 4.69) is 20.1 Å². The summed E-state index contributed by atoms with van der Waals surface area (Å²) in [6, 6.07) is 6.00. The lowest BCUT2D eigenvalue weighted by Gasteiger charge is -2.13. The first kappa shape index (κ1) is 19.5. The van der Waals surface area contributed by atoms with Gasteiger partial charge in [-0.15, -0.1) is 18.3 Å². The Kier molecular flexibility index (Phi) is 5.93. The summed E-state index contributed by atoms with van der Waals surface area (Å²) in [4.78, 5) is 11.9. The number of H-pyrrole nitrogens is 1. The fourth-order valence-corrected chi connectivity index (χ4v) is 4.32. The number of nitrogens with one attached hydrogen (secondary N) is 1. The monoisotopic (exact) mass is 401 g/mol. The van der Waals surface area contributed by atoms with Crippen LogP contribution in [0.3, 0.4) is 0 Å². The van der Waals surface area contributed by atoms with Crippen molar-refractivity contribution in [1.82, 2.24) is 15.4 Å². The van der Waals surface area contributed by atoms with Crippen LogP contribution in [-0.4, -0.2) is 39.6 Å². The van der Waals surface area contributed by atoms with Gasteiger partial charge < -0.3 is 9.47 Å². The first-order valence-corrected chi connectivity index (χ1v) is 9.34. The van der Waals surface area contributed by atoms with Gasteiger partial charge in [-0.1, -0.05) is 29.1 Å². The maximum absolute atomic E-state index is 12.2. The summed E-state index contributed by atoms with van der Waals surface area (Å²) in [6.45, 7) is 1.99. The third-order valence-corrected chi connectivity index (χ3v) is 5.51. The number of esters is 1. The molecule has 1 aromatic carbocycles. The highest BCUT2D eigenvalue weighted by Crippen LogP contribution is 2.43. The van der Waals surface area contributed by atoms with Crippen molar-refractivity contribution in [3.05, 3.63) is 35.5 Å². The quantitative estimate of drug-likeness (QED) is 0.727. The zero-order valence-corrected chi connectivity index (χ0v) is 15.3. The average Bonchev–Trinajstić information content (AvgIpc) is 3.24. The normalized spacial score (nSPS) is 19.9. The Labute approximate surface area is 157 Å². The Morgan fingerprint density at radius 3 is 2.70 bits per heavy atom. The molecule has 1 heterocycles. The maximum atomic E-state index is 12.2. The van der Waals surface area contributed by atoms with Crippen molar-refractivity contribution >= 4 is 17.7 Å². The maximum Gasteiger partial charge on any atom is 0.573 e. The predicted octanol–water partition coefficient (Wildman–Crippen LogP) is 4.31. The first-order chi connectivity index (χ1) is 12.9. The molecule has 0 saturated heterocycles. The summed E-state index contributed by atoms with van der Waals surface area (Å²) in [6.07, 6.45) is -2.04. The lowest BCUT2D eigenvalue weighted by Crippen LogP contribution is -2.17. The van der Waals surface area contributed by atoms with Gasteiger partial charge >= 0.3 is 12.3 Å². The molecule has 10 heteroatoms. The Bertz CT molecular complexity index is 780. The van der Waals surface area contributed by atoms with E-state index in [1.807, 2.05) is 0 Å². The van der Waals surface area contributed by atoms with Crippen molar-refractivity contribution in [2.45, 2.75) is 48.7 Å². The number of hydrogen-bond donors (Lipinski definition) is 1. The fraction of sp³-hybridized carbons (Fsp3) is 0.471. The van der Waals surface area contributed by atoms with Gasteiger partial charge in [-0.25, -0.2) is 4.79 Å². The molecule has 0 spiro atoms. The number of carbonyl (C=O) groups is 1. The molecule has 0 amide bonds. The molecule has 1 aliphatic rings. The lowest BCUT2D eigenvalue weighted by atomic mass is 9.98. The molecule has 0 bridgehead atoms. The van der Waals surface area contributed by atoms with Gasteiger partial charge in [-0.05, 0) is 49.8 Å². The third kappa shape index (κ3) is 5.15. The second-order valence-corrected chi connectivity index (χ2v) is 7.37. The van der Waals surface area contributed by atoms with E-state index >= 15 is 0 Å². The van der Waals surface area contributed by atoms with Gasteiger partial charge in [0.1, 0.15) is 5.75 Å². The Morgan fingerprint density at radius 2 is 2.04 bits per heavy atom. The molecular formula is C17H18F3N3O3S. The van der Waals surface area contributed by atoms with E-state index in [-0.39, 0.29) is 29.2 Å². The van der Waals surface area contributed by atoms with Crippen LogP contribution in [0.1, 0.15) is 48.2 Å². The van der Waals surface area contributed by atoms with E-state index < -0.39 is 12.3 Å². The fourth-order valence-electron chi connectivity index (χ4n) is 3.09. The molecule has 2 atom stereocenters. The summed E-state index contributed by atoms with van der Waals surface area (Å²) in [5.74, 6) is -0.475. The van der Waals surface area contributed by atoms with Crippen molar-refractivity contribution in [2.24, 2.45) is 0 Å². The molecule has 1 fully saturated rings. The van der Waals surface area contributed by atoms with Gasteiger partial charge in [0.25, 0.3) is 0 Å². The van der Waals surface area contributed by atoms with Crippen molar-refractivity contribution < 1.29 is 27.4 Å². The van der Waals surface area contributed by atoms with E-state index in [0.717, 1.165) is 24.8 Å². The van der Waals surface area contributed by atoms with Gasteiger partial charge in [0.15, 0.2) is 10.7 Å². The largest absolute Gasteiger partial charge is 0.573 e. The molecule has 6 nitrogen and oxygen atoms in total. The molecule has 0 radical (unpaired) electrons. The van der Waals surface area contributed by atoms with Crippen LogP contribution in [0.5, 0.6) is 5.75 Å². The summed E-state index contributed by atoms with van der Waals surface area (Å²) in [7, 11) is 0. The van der Waals surface area contributed by atoms with E-state index in [9.17, 15) is 18.0 Å². The third-order valence-electron chi connectivity index (χ3n) is 4.24. The summed E-state index contributed by atoms with van der Waals surface area (Å²) < 4.78 is 45.6. The predicted molar refractivity (Wildman–Crippen MR) is 91.7 cm³/mol. The number of nitrogens with zero attached hydrogens (tertiary/aromatic N) is 2. The van der Waals surface area contributed by atoms with E-state index in [1.54, 1.807) is 19.1 Å². The number of aromatic nitrogens is 3. The van der Waals surface area contributed by atoms with Crippen LogP contribution in [0.4, 0.5) is 13.2 Å². The van der Waals surface area contributed by atoms with Crippen molar-refractivity contribution in [3.63, 3.8) is 0 Å². The number of ether oxygens (including phenoxy) is 2. The van der Waals surface area contributed by atoms with Crippen molar-refractivity contribution in [1.29, 1.82) is 0 Å². The molecule has 1 aliphatic carbocycles. The molecule has 1 aromatic heterocycles. The van der Waals surface area contributed by atoms with Crippen LogP contribution in [0, 0.1) is 0 Å². The molecule has 2 aromatic rings. The number of carbonyl (C=O) groups excluding carboxylic acids is 1. The van der Waals surface area contributed by atoms with Crippen molar-refractivity contribution in [2.75, 3.05) is 6.61 Å². The van der Waals surface area contributed by atoms with Gasteiger partial charge in [0.05, 0.1) is 6.61 Å². The number of thioether (sulfide) groups is 1. The standard InChI is InChI=1S/C17H18F3N3O3S/c1-2-25-16(24)14-15(22-23-21-14)27-13-8-5-11(9-13)10-3-6-12(7-4-10)26-17(18,19)20/h3-4,6-7,11,13H,2,5,8-9H2,1H3,(H,21,22,23). The number of hydrogen-bond acceptors (Lipinski definition) is 6. The Balaban J connectivity index is 1.59. The van der Waals surface area contributed by atoms with Crippen LogP contribution in [-0.2, 0) is 4.74 Å². The van der Waals surface area contributed by atoms with Crippen molar-refractivity contribution in [3.8, 4) is 5.75 Å².